The Hall–Kier alpha value is -2.47. The largest absolute Gasteiger partial charge is 0.491 e. The Bertz CT molecular complexity index is 1010. The smallest absolute Gasteiger partial charge is 0.282 e. The van der Waals surface area contributed by atoms with E-state index in [2.05, 4.69) is 26.0 Å². The molecule has 0 aliphatic heterocycles. The predicted octanol–water partition coefficient (Wildman–Crippen LogP) is 4.39. The quantitative estimate of drug-likeness (QED) is 0.582. The van der Waals surface area contributed by atoms with Gasteiger partial charge in [0.1, 0.15) is 11.6 Å². The van der Waals surface area contributed by atoms with Crippen LogP contribution in [0.25, 0.3) is 10.9 Å². The van der Waals surface area contributed by atoms with E-state index in [0.717, 1.165) is 15.8 Å². The van der Waals surface area contributed by atoms with E-state index in [4.69, 9.17) is 4.74 Å². The van der Waals surface area contributed by atoms with Gasteiger partial charge < -0.3 is 4.74 Å². The van der Waals surface area contributed by atoms with Gasteiger partial charge in [-0.3, -0.25) is 4.79 Å². The minimum atomic E-state index is -0.177. The summed E-state index contributed by atoms with van der Waals surface area (Å²) in [5.74, 6) is 1.43. The van der Waals surface area contributed by atoms with Crippen molar-refractivity contribution in [2.45, 2.75) is 33.3 Å². The van der Waals surface area contributed by atoms with Crippen LogP contribution in [0.3, 0.4) is 0 Å². The number of ether oxygens (including phenoxy) is 1. The van der Waals surface area contributed by atoms with E-state index in [9.17, 15) is 4.79 Å². The molecule has 3 rings (SSSR count). The number of aryl methyl sites for hydroxylation is 1. The molecule has 134 valence electrons. The molecule has 0 amide bonds. The number of rotatable bonds is 5. The average Bonchev–Trinajstić information content (AvgIpc) is 2.62. The zero-order chi connectivity index (χ0) is 18.7. The van der Waals surface area contributed by atoms with Crippen molar-refractivity contribution in [2.75, 3.05) is 0 Å². The van der Waals surface area contributed by atoms with Crippen LogP contribution < -0.4 is 10.3 Å². The second-order valence-corrected chi connectivity index (χ2v) is 7.06. The maximum Gasteiger partial charge on any atom is 0.282 e. The highest BCUT2D eigenvalue weighted by Crippen LogP contribution is 2.16. The van der Waals surface area contributed by atoms with Gasteiger partial charge in [-0.25, -0.2) is 4.98 Å². The summed E-state index contributed by atoms with van der Waals surface area (Å²) >= 11 is 3.40. The molecule has 0 fully saturated rings. The molecule has 0 unspecified atom stereocenters. The van der Waals surface area contributed by atoms with E-state index < -0.39 is 0 Å². The normalized spacial score (nSPS) is 11.6. The highest BCUT2D eigenvalue weighted by atomic mass is 79.9. The number of halogens is 1. The van der Waals surface area contributed by atoms with Crippen LogP contribution in [-0.2, 0) is 6.42 Å². The Labute approximate surface area is 160 Å². The maximum atomic E-state index is 12.8. The maximum absolute atomic E-state index is 12.8. The summed E-state index contributed by atoms with van der Waals surface area (Å²) in [5, 5.41) is 4.91. The molecular weight excluding hydrogens is 394 g/mol. The highest BCUT2D eigenvalue weighted by molar-refractivity contribution is 9.10. The molecule has 0 N–H and O–H groups in total. The summed E-state index contributed by atoms with van der Waals surface area (Å²) in [7, 11) is 0. The van der Waals surface area contributed by atoms with Gasteiger partial charge in [-0.15, -0.1) is 0 Å². The van der Waals surface area contributed by atoms with Gasteiger partial charge in [0.05, 0.1) is 23.2 Å². The third kappa shape index (κ3) is 4.02. The first kappa shape index (κ1) is 18.3. The Kier molecular flexibility index (Phi) is 5.52. The second-order valence-electron chi connectivity index (χ2n) is 6.14. The van der Waals surface area contributed by atoms with Gasteiger partial charge in [0.15, 0.2) is 0 Å². The molecule has 0 spiro atoms. The first-order valence-corrected chi connectivity index (χ1v) is 9.29. The Morgan fingerprint density at radius 3 is 2.62 bits per heavy atom. The molecule has 6 heteroatoms. The monoisotopic (exact) mass is 413 g/mol. The molecule has 0 saturated carbocycles. The number of fused-ring (bicyclic) bond motifs is 1. The van der Waals surface area contributed by atoms with Crippen LogP contribution in [0, 0.1) is 0 Å². The molecule has 1 aromatic heterocycles. The molecule has 0 aliphatic carbocycles. The summed E-state index contributed by atoms with van der Waals surface area (Å²) in [6.07, 6.45) is 2.40. The molecule has 3 aromatic rings. The van der Waals surface area contributed by atoms with Gasteiger partial charge in [-0.05, 0) is 61.9 Å². The van der Waals surface area contributed by atoms with Crippen molar-refractivity contribution in [3.8, 4) is 5.75 Å². The zero-order valence-electron chi connectivity index (χ0n) is 14.9. The van der Waals surface area contributed by atoms with Crippen LogP contribution in [0.15, 0.2) is 56.8 Å². The lowest BCUT2D eigenvalue weighted by Gasteiger charge is -2.09. The standard InChI is InChI=1S/C20H20BrN3O2/c1-4-19-23-18-10-7-15(21)11-17(18)20(25)24(19)22-12-14-5-8-16(9-6-14)26-13(2)3/h5-13H,4H2,1-3H3. The van der Waals surface area contributed by atoms with Crippen molar-refractivity contribution in [1.82, 2.24) is 9.66 Å². The summed E-state index contributed by atoms with van der Waals surface area (Å²) in [5.41, 5.74) is 1.38. The first-order chi connectivity index (χ1) is 12.5. The Morgan fingerprint density at radius 1 is 1.23 bits per heavy atom. The molecule has 0 radical (unpaired) electrons. The van der Waals surface area contributed by atoms with Crippen molar-refractivity contribution in [3.05, 3.63) is 68.7 Å². The average molecular weight is 414 g/mol. The number of hydrogen-bond donors (Lipinski definition) is 0. The van der Waals surface area contributed by atoms with Gasteiger partial charge >= 0.3 is 0 Å². The fourth-order valence-electron chi connectivity index (χ4n) is 2.57. The number of benzene rings is 2. The topological polar surface area (TPSA) is 56.5 Å². The van der Waals surface area contributed by atoms with Crippen LogP contribution >= 0.6 is 15.9 Å². The van der Waals surface area contributed by atoms with Gasteiger partial charge in [0, 0.05) is 10.9 Å². The number of nitrogens with zero attached hydrogens (tertiary/aromatic N) is 3. The Morgan fingerprint density at radius 2 is 1.96 bits per heavy atom. The van der Waals surface area contributed by atoms with E-state index in [1.165, 1.54) is 4.68 Å². The minimum Gasteiger partial charge on any atom is -0.491 e. The van der Waals surface area contributed by atoms with Crippen molar-refractivity contribution in [3.63, 3.8) is 0 Å². The second kappa shape index (κ2) is 7.83. The van der Waals surface area contributed by atoms with Gasteiger partial charge in [0.2, 0.25) is 0 Å². The third-order valence-corrected chi connectivity index (χ3v) is 4.26. The predicted molar refractivity (Wildman–Crippen MR) is 108 cm³/mol. The van der Waals surface area contributed by atoms with Crippen LogP contribution in [0.5, 0.6) is 5.75 Å². The highest BCUT2D eigenvalue weighted by Gasteiger charge is 2.09. The zero-order valence-corrected chi connectivity index (χ0v) is 16.5. The first-order valence-electron chi connectivity index (χ1n) is 8.50. The summed E-state index contributed by atoms with van der Waals surface area (Å²) in [6.45, 7) is 5.93. The summed E-state index contributed by atoms with van der Waals surface area (Å²) < 4.78 is 7.84. The third-order valence-electron chi connectivity index (χ3n) is 3.77. The molecular formula is C20H20BrN3O2. The summed E-state index contributed by atoms with van der Waals surface area (Å²) in [6, 6.07) is 13.1. The molecule has 0 aliphatic rings. The number of aromatic nitrogens is 2. The number of hydrogen-bond acceptors (Lipinski definition) is 4. The van der Waals surface area contributed by atoms with Crippen LogP contribution in [0.4, 0.5) is 0 Å². The van der Waals surface area contributed by atoms with Crippen LogP contribution in [0.2, 0.25) is 0 Å². The lowest BCUT2D eigenvalue weighted by Crippen LogP contribution is -2.22. The van der Waals surface area contributed by atoms with E-state index >= 15 is 0 Å². The van der Waals surface area contributed by atoms with E-state index in [1.54, 1.807) is 12.3 Å². The summed E-state index contributed by atoms with van der Waals surface area (Å²) in [4.78, 5) is 17.4. The van der Waals surface area contributed by atoms with Crippen LogP contribution in [0.1, 0.15) is 32.2 Å². The van der Waals surface area contributed by atoms with E-state index in [-0.39, 0.29) is 11.7 Å². The van der Waals surface area contributed by atoms with Gasteiger partial charge in [0.25, 0.3) is 5.56 Å². The van der Waals surface area contributed by atoms with Crippen molar-refractivity contribution < 1.29 is 4.74 Å². The molecule has 26 heavy (non-hydrogen) atoms. The fourth-order valence-corrected chi connectivity index (χ4v) is 2.93. The molecule has 1 heterocycles. The lowest BCUT2D eigenvalue weighted by molar-refractivity contribution is 0.242. The Balaban J connectivity index is 1.98. The van der Waals surface area contributed by atoms with Gasteiger partial charge in [-0.2, -0.15) is 9.78 Å². The molecule has 2 aromatic carbocycles. The van der Waals surface area contributed by atoms with Crippen molar-refractivity contribution in [1.29, 1.82) is 0 Å². The minimum absolute atomic E-state index is 0.128. The van der Waals surface area contributed by atoms with Crippen molar-refractivity contribution >= 4 is 33.0 Å². The SMILES string of the molecule is CCc1nc2ccc(Br)cc2c(=O)n1N=Cc1ccc(OC(C)C)cc1. The molecule has 0 atom stereocenters. The van der Waals surface area contributed by atoms with E-state index in [1.807, 2.05) is 57.2 Å². The van der Waals surface area contributed by atoms with E-state index in [0.29, 0.717) is 23.1 Å². The molecule has 0 saturated heterocycles. The molecule has 0 bridgehead atoms. The van der Waals surface area contributed by atoms with Gasteiger partial charge in [-0.1, -0.05) is 22.9 Å². The van der Waals surface area contributed by atoms with Crippen molar-refractivity contribution in [2.24, 2.45) is 5.10 Å². The fraction of sp³-hybridized carbons (Fsp3) is 0.250. The molecule has 5 nitrogen and oxygen atoms in total. The lowest BCUT2D eigenvalue weighted by atomic mass is 10.2. The van der Waals surface area contributed by atoms with Crippen LogP contribution in [-0.4, -0.2) is 22.0 Å².